The van der Waals surface area contributed by atoms with E-state index < -0.39 is 5.60 Å². The Bertz CT molecular complexity index is 344. The van der Waals surface area contributed by atoms with Gasteiger partial charge in [0, 0.05) is 11.4 Å². The molecule has 0 amide bonds. The van der Waals surface area contributed by atoms with Gasteiger partial charge in [0.1, 0.15) is 0 Å². The van der Waals surface area contributed by atoms with Crippen molar-refractivity contribution in [3.8, 4) is 0 Å². The van der Waals surface area contributed by atoms with Crippen LogP contribution in [-0.4, -0.2) is 10.7 Å². The molecule has 0 unspecified atom stereocenters. The molecule has 2 heteroatoms. The number of hydrogen-bond donors (Lipinski definition) is 1. The monoisotopic (exact) mass is 210 g/mol. The van der Waals surface area contributed by atoms with E-state index in [2.05, 4.69) is 13.0 Å². The van der Waals surface area contributed by atoms with Gasteiger partial charge in [-0.15, -0.1) is 0 Å². The molecule has 1 aliphatic carbocycles. The Morgan fingerprint density at radius 1 is 1.36 bits per heavy atom. The maximum atomic E-state index is 9.79. The highest BCUT2D eigenvalue weighted by molar-refractivity contribution is 6.31. The molecule has 0 radical (unpaired) electrons. The quantitative estimate of drug-likeness (QED) is 0.796. The molecule has 1 nitrogen and oxygen atoms in total. The van der Waals surface area contributed by atoms with Crippen LogP contribution in [0.2, 0.25) is 5.02 Å². The fourth-order valence-electron chi connectivity index (χ4n) is 1.69. The highest BCUT2D eigenvalue weighted by Crippen LogP contribution is 2.39. The van der Waals surface area contributed by atoms with Gasteiger partial charge in [-0.2, -0.15) is 0 Å². The first-order chi connectivity index (χ1) is 6.50. The van der Waals surface area contributed by atoms with E-state index in [1.807, 2.05) is 13.0 Å². The minimum Gasteiger partial charge on any atom is -0.390 e. The SMILES string of the molecule is Cc1cc(CC2(O)CC2)cc(Cl)c1C. The highest BCUT2D eigenvalue weighted by Gasteiger charge is 2.40. The molecule has 1 aromatic carbocycles. The Kier molecular flexibility index (Phi) is 2.32. The summed E-state index contributed by atoms with van der Waals surface area (Å²) in [7, 11) is 0. The second kappa shape index (κ2) is 3.25. The third kappa shape index (κ3) is 1.94. The van der Waals surface area contributed by atoms with E-state index >= 15 is 0 Å². The molecule has 1 N–H and O–H groups in total. The lowest BCUT2D eigenvalue weighted by Crippen LogP contribution is -2.10. The van der Waals surface area contributed by atoms with Crippen LogP contribution in [0, 0.1) is 13.8 Å². The molecule has 0 aromatic heterocycles. The van der Waals surface area contributed by atoms with Crippen LogP contribution in [0.4, 0.5) is 0 Å². The molecule has 0 bridgehead atoms. The Labute approximate surface area is 89.7 Å². The van der Waals surface area contributed by atoms with Gasteiger partial charge in [0.05, 0.1) is 5.60 Å². The van der Waals surface area contributed by atoms with Crippen molar-refractivity contribution in [1.82, 2.24) is 0 Å². The van der Waals surface area contributed by atoms with Gasteiger partial charge in [-0.3, -0.25) is 0 Å². The number of hydrogen-bond acceptors (Lipinski definition) is 1. The van der Waals surface area contributed by atoms with Crippen molar-refractivity contribution in [1.29, 1.82) is 0 Å². The second-order valence-electron chi connectivity index (χ2n) is 4.42. The third-order valence-corrected chi connectivity index (χ3v) is 3.42. The number of rotatable bonds is 2. The summed E-state index contributed by atoms with van der Waals surface area (Å²) in [6.07, 6.45) is 2.60. The van der Waals surface area contributed by atoms with Gasteiger partial charge in [-0.05, 0) is 49.4 Å². The maximum Gasteiger partial charge on any atom is 0.0690 e. The van der Waals surface area contributed by atoms with Crippen LogP contribution in [0.1, 0.15) is 29.5 Å². The Balaban J connectivity index is 2.26. The highest BCUT2D eigenvalue weighted by atomic mass is 35.5. The Morgan fingerprint density at radius 2 is 2.00 bits per heavy atom. The normalized spacial score (nSPS) is 18.3. The summed E-state index contributed by atoms with van der Waals surface area (Å²) >= 11 is 6.09. The van der Waals surface area contributed by atoms with Gasteiger partial charge in [-0.1, -0.05) is 17.7 Å². The first-order valence-electron chi connectivity index (χ1n) is 4.98. The molecular formula is C12H15ClO. The maximum absolute atomic E-state index is 9.79. The van der Waals surface area contributed by atoms with Crippen LogP contribution in [0.3, 0.4) is 0 Å². The number of aliphatic hydroxyl groups is 1. The topological polar surface area (TPSA) is 20.2 Å². The molecule has 2 rings (SSSR count). The summed E-state index contributed by atoms with van der Waals surface area (Å²) in [5.41, 5.74) is 3.07. The van der Waals surface area contributed by atoms with Crippen molar-refractivity contribution in [3.63, 3.8) is 0 Å². The van der Waals surface area contributed by atoms with E-state index in [0.717, 1.165) is 35.4 Å². The lowest BCUT2D eigenvalue weighted by atomic mass is 10.0. The zero-order valence-electron chi connectivity index (χ0n) is 8.60. The van der Waals surface area contributed by atoms with Gasteiger partial charge < -0.3 is 5.11 Å². The third-order valence-electron chi connectivity index (χ3n) is 3.02. The number of aryl methyl sites for hydroxylation is 1. The zero-order chi connectivity index (χ0) is 10.3. The number of halogens is 1. The van der Waals surface area contributed by atoms with Crippen LogP contribution < -0.4 is 0 Å². The van der Waals surface area contributed by atoms with E-state index in [9.17, 15) is 5.11 Å². The summed E-state index contributed by atoms with van der Waals surface area (Å²) in [6, 6.07) is 4.09. The number of benzene rings is 1. The fraction of sp³-hybridized carbons (Fsp3) is 0.500. The molecule has 0 heterocycles. The molecule has 0 atom stereocenters. The largest absolute Gasteiger partial charge is 0.390 e. The molecule has 1 aliphatic rings. The van der Waals surface area contributed by atoms with Crippen LogP contribution in [0.5, 0.6) is 0 Å². The first-order valence-corrected chi connectivity index (χ1v) is 5.36. The first kappa shape index (κ1) is 10.0. The van der Waals surface area contributed by atoms with Crippen molar-refractivity contribution in [2.75, 3.05) is 0 Å². The van der Waals surface area contributed by atoms with Gasteiger partial charge in [0.25, 0.3) is 0 Å². The van der Waals surface area contributed by atoms with Crippen molar-refractivity contribution in [2.45, 2.75) is 38.7 Å². The molecule has 1 aromatic rings. The van der Waals surface area contributed by atoms with Crippen LogP contribution >= 0.6 is 11.6 Å². The van der Waals surface area contributed by atoms with Crippen LogP contribution in [0.25, 0.3) is 0 Å². The van der Waals surface area contributed by atoms with E-state index in [0.29, 0.717) is 0 Å². The summed E-state index contributed by atoms with van der Waals surface area (Å²) in [5.74, 6) is 0. The fourth-order valence-corrected chi connectivity index (χ4v) is 1.98. The molecule has 76 valence electrons. The van der Waals surface area contributed by atoms with Crippen molar-refractivity contribution >= 4 is 11.6 Å². The van der Waals surface area contributed by atoms with Crippen LogP contribution in [0.15, 0.2) is 12.1 Å². The average molecular weight is 211 g/mol. The van der Waals surface area contributed by atoms with Crippen LogP contribution in [-0.2, 0) is 6.42 Å². The molecule has 1 fully saturated rings. The standard InChI is InChI=1S/C12H15ClO/c1-8-5-10(6-11(13)9(8)2)7-12(14)3-4-12/h5-6,14H,3-4,7H2,1-2H3. The minimum atomic E-state index is -0.426. The predicted molar refractivity (Wildman–Crippen MR) is 58.8 cm³/mol. The van der Waals surface area contributed by atoms with E-state index in [-0.39, 0.29) is 0 Å². The molecule has 0 spiro atoms. The van der Waals surface area contributed by atoms with E-state index in [1.165, 1.54) is 5.56 Å². The van der Waals surface area contributed by atoms with Crippen molar-refractivity contribution in [3.05, 3.63) is 33.8 Å². The molecule has 0 aliphatic heterocycles. The minimum absolute atomic E-state index is 0.426. The summed E-state index contributed by atoms with van der Waals surface area (Å²) < 4.78 is 0. The second-order valence-corrected chi connectivity index (χ2v) is 4.83. The van der Waals surface area contributed by atoms with Gasteiger partial charge >= 0.3 is 0 Å². The average Bonchev–Trinajstić information content (AvgIpc) is 2.79. The lowest BCUT2D eigenvalue weighted by molar-refractivity contribution is 0.151. The Morgan fingerprint density at radius 3 is 2.50 bits per heavy atom. The smallest absolute Gasteiger partial charge is 0.0690 e. The molecule has 1 saturated carbocycles. The molecular weight excluding hydrogens is 196 g/mol. The van der Waals surface area contributed by atoms with E-state index in [1.54, 1.807) is 0 Å². The van der Waals surface area contributed by atoms with Crippen molar-refractivity contribution < 1.29 is 5.11 Å². The predicted octanol–water partition coefficient (Wildman–Crippen LogP) is 3.02. The lowest BCUT2D eigenvalue weighted by Gasteiger charge is -2.10. The summed E-state index contributed by atoms with van der Waals surface area (Å²) in [4.78, 5) is 0. The molecule has 0 saturated heterocycles. The molecule has 14 heavy (non-hydrogen) atoms. The van der Waals surface area contributed by atoms with Crippen molar-refractivity contribution in [2.24, 2.45) is 0 Å². The summed E-state index contributed by atoms with van der Waals surface area (Å²) in [5, 5.41) is 10.6. The summed E-state index contributed by atoms with van der Waals surface area (Å²) in [6.45, 7) is 4.08. The van der Waals surface area contributed by atoms with E-state index in [4.69, 9.17) is 11.6 Å². The van der Waals surface area contributed by atoms with Gasteiger partial charge in [-0.25, -0.2) is 0 Å². The van der Waals surface area contributed by atoms with Gasteiger partial charge in [0.2, 0.25) is 0 Å². The van der Waals surface area contributed by atoms with Gasteiger partial charge in [0.15, 0.2) is 0 Å². The Hall–Kier alpha value is -0.530. The zero-order valence-corrected chi connectivity index (χ0v) is 9.36.